The van der Waals surface area contributed by atoms with E-state index in [1.165, 1.54) is 24.3 Å². The molecule has 0 aliphatic rings. The smallest absolute Gasteiger partial charge is 0.308 e. The maximum absolute atomic E-state index is 14.1. The number of alkyl halides is 6. The molecule has 0 aliphatic heterocycles. The predicted molar refractivity (Wildman–Crippen MR) is 244 cm³/mol. The number of benzene rings is 8. The van der Waals surface area contributed by atoms with Crippen LogP contribution in [0.5, 0.6) is 0 Å². The van der Waals surface area contributed by atoms with Crippen LogP contribution >= 0.6 is 11.3 Å². The fourth-order valence-electron chi connectivity index (χ4n) is 8.54. The van der Waals surface area contributed by atoms with E-state index >= 15 is 0 Å². The van der Waals surface area contributed by atoms with Crippen LogP contribution in [0.2, 0.25) is 0 Å². The highest BCUT2D eigenvalue weighted by atomic mass is 32.1. The van der Waals surface area contributed by atoms with Gasteiger partial charge in [-0.25, -0.2) is 15.0 Å². The largest absolute Gasteiger partial charge is 0.416 e. The lowest BCUT2D eigenvalue weighted by Crippen LogP contribution is -2.06. The van der Waals surface area contributed by atoms with Gasteiger partial charge in [0.1, 0.15) is 0 Å². The molecule has 0 saturated carbocycles. The summed E-state index contributed by atoms with van der Waals surface area (Å²) in [5, 5.41) is 4.11. The van der Waals surface area contributed by atoms with Crippen LogP contribution in [-0.2, 0) is 12.4 Å². The first-order valence-corrected chi connectivity index (χ1v) is 21.1. The number of rotatable bonds is 6. The van der Waals surface area contributed by atoms with E-state index in [9.17, 15) is 26.3 Å². The summed E-state index contributed by atoms with van der Waals surface area (Å²) in [6.07, 6.45) is -9.19. The summed E-state index contributed by atoms with van der Waals surface area (Å²) >= 11 is 1.67. The summed E-state index contributed by atoms with van der Waals surface area (Å²) in [6, 6.07) is 52.6. The van der Waals surface area contributed by atoms with E-state index < -0.39 is 23.5 Å². The minimum absolute atomic E-state index is 0.259. The van der Waals surface area contributed by atoms with E-state index in [4.69, 9.17) is 15.0 Å². The number of aromatic nitrogens is 4. The predicted octanol–water partition coefficient (Wildman–Crippen LogP) is 15.7. The molecular weight excluding hydrogens is 839 g/mol. The SMILES string of the molecule is FC(F)(F)c1ccc(-c2cc(-c3nc(-c4ccccc4)nc(-c4ccccc4)n3)cc(-c3ccc(C(F)(F)F)cc3)c2-n2c3ccccc3c3c4sc5ccccc5c4ccc32)cc1. The lowest BCUT2D eigenvalue weighted by Gasteiger charge is -2.21. The summed E-state index contributed by atoms with van der Waals surface area (Å²) in [5.41, 5.74) is 4.32. The Kier molecular flexibility index (Phi) is 9.21. The molecule has 0 amide bonds. The fourth-order valence-corrected chi connectivity index (χ4v) is 9.79. The second kappa shape index (κ2) is 15.0. The third-order valence-corrected chi connectivity index (χ3v) is 12.7. The van der Waals surface area contributed by atoms with Gasteiger partial charge in [0.2, 0.25) is 0 Å². The molecule has 0 saturated heterocycles. The van der Waals surface area contributed by atoms with E-state index in [-0.39, 0.29) is 5.82 Å². The zero-order valence-corrected chi connectivity index (χ0v) is 34.1. The van der Waals surface area contributed by atoms with Gasteiger partial charge in [-0.2, -0.15) is 26.3 Å². The first-order chi connectivity index (χ1) is 31.0. The molecule has 0 aliphatic carbocycles. The number of thiophene rings is 1. The van der Waals surface area contributed by atoms with Crippen molar-refractivity contribution in [3.63, 3.8) is 0 Å². The maximum Gasteiger partial charge on any atom is 0.416 e. The second-order valence-electron chi connectivity index (χ2n) is 15.4. The molecule has 4 nitrogen and oxygen atoms in total. The Morgan fingerprint density at radius 3 is 1.39 bits per heavy atom. The van der Waals surface area contributed by atoms with E-state index in [0.29, 0.717) is 45.2 Å². The van der Waals surface area contributed by atoms with Gasteiger partial charge in [-0.15, -0.1) is 11.3 Å². The lowest BCUT2D eigenvalue weighted by molar-refractivity contribution is -0.138. The van der Waals surface area contributed by atoms with E-state index in [2.05, 4.69) is 22.8 Å². The number of hydrogen-bond acceptors (Lipinski definition) is 4. The van der Waals surface area contributed by atoms with Crippen molar-refractivity contribution in [2.45, 2.75) is 12.4 Å². The quantitative estimate of drug-likeness (QED) is 0.156. The molecule has 0 fully saturated rings. The van der Waals surface area contributed by atoms with Gasteiger partial charge >= 0.3 is 12.4 Å². The molecule has 11 heteroatoms. The monoisotopic (exact) mass is 868 g/mol. The van der Waals surface area contributed by atoms with Crippen LogP contribution in [0.25, 0.3) is 104 Å². The normalized spacial score (nSPS) is 12.2. The van der Waals surface area contributed by atoms with Crippen LogP contribution in [0, 0.1) is 0 Å². The number of hydrogen-bond donors (Lipinski definition) is 0. The Bertz CT molecular complexity index is 3420. The number of fused-ring (bicyclic) bond motifs is 7. The van der Waals surface area contributed by atoms with E-state index in [1.54, 1.807) is 11.3 Å². The highest BCUT2D eigenvalue weighted by Crippen LogP contribution is 2.48. The van der Waals surface area contributed by atoms with Gasteiger partial charge in [0.25, 0.3) is 0 Å². The molecule has 0 atom stereocenters. The molecule has 0 bridgehead atoms. The molecule has 8 aromatic carbocycles. The molecule has 11 aromatic rings. The van der Waals surface area contributed by atoms with Gasteiger partial charge in [-0.3, -0.25) is 0 Å². The third kappa shape index (κ3) is 6.76. The Labute approximate surface area is 365 Å². The zero-order chi connectivity index (χ0) is 43.7. The molecule has 3 aromatic heterocycles. The van der Waals surface area contributed by atoms with Gasteiger partial charge in [-0.05, 0) is 65.7 Å². The third-order valence-electron chi connectivity index (χ3n) is 11.5. The average Bonchev–Trinajstić information content (AvgIpc) is 3.87. The second-order valence-corrected chi connectivity index (χ2v) is 16.4. The molecule has 310 valence electrons. The van der Waals surface area contributed by atoms with Crippen molar-refractivity contribution < 1.29 is 26.3 Å². The molecule has 64 heavy (non-hydrogen) atoms. The summed E-state index contributed by atoms with van der Waals surface area (Å²) in [5.74, 6) is 1.03. The van der Waals surface area contributed by atoms with Crippen molar-refractivity contribution in [1.82, 2.24) is 19.5 Å². The van der Waals surface area contributed by atoms with Gasteiger partial charge in [0.05, 0.1) is 27.8 Å². The van der Waals surface area contributed by atoms with Crippen LogP contribution in [0.3, 0.4) is 0 Å². The van der Waals surface area contributed by atoms with Crippen LogP contribution in [0.4, 0.5) is 26.3 Å². The zero-order valence-electron chi connectivity index (χ0n) is 33.3. The van der Waals surface area contributed by atoms with Crippen LogP contribution < -0.4 is 0 Å². The van der Waals surface area contributed by atoms with Gasteiger partial charge in [0, 0.05) is 58.8 Å². The van der Waals surface area contributed by atoms with Crippen LogP contribution in [0.15, 0.2) is 182 Å². The number of nitrogens with zero attached hydrogens (tertiary/aromatic N) is 4. The summed E-state index contributed by atoms with van der Waals surface area (Å²) in [6.45, 7) is 0. The summed E-state index contributed by atoms with van der Waals surface area (Å²) < 4.78 is 88.9. The van der Waals surface area contributed by atoms with Crippen molar-refractivity contribution in [2.24, 2.45) is 0 Å². The first-order valence-electron chi connectivity index (χ1n) is 20.2. The van der Waals surface area contributed by atoms with Crippen LogP contribution in [0.1, 0.15) is 11.1 Å². The fraction of sp³-hybridized carbons (Fsp3) is 0.0377. The Balaban J connectivity index is 1.28. The first kappa shape index (κ1) is 39.2. The Hall–Kier alpha value is -7.63. The van der Waals surface area contributed by atoms with Gasteiger partial charge < -0.3 is 4.57 Å². The minimum atomic E-state index is -4.59. The standard InChI is InChI=1S/C53H30F6N4S/c54-52(55,56)36-23-19-31(20-24-36)41-29-35(51-61-49(33-11-3-1-4-12-33)60-50(62-51)34-13-5-2-6-14-34)30-42(32-21-25-37(26-22-32)53(57,58)59)47(41)63-43-17-9-7-16-40(43)46-44(63)28-27-39-38-15-8-10-18-45(38)64-48(39)46/h1-30H. The molecule has 0 unspecified atom stereocenters. The summed E-state index contributed by atoms with van der Waals surface area (Å²) in [7, 11) is 0. The number of para-hydroxylation sites is 1. The minimum Gasteiger partial charge on any atom is -0.308 e. The van der Waals surface area contributed by atoms with Crippen molar-refractivity contribution in [1.29, 1.82) is 0 Å². The van der Waals surface area contributed by atoms with Crippen molar-refractivity contribution >= 4 is 53.3 Å². The van der Waals surface area contributed by atoms with E-state index in [1.807, 2.05) is 115 Å². The topological polar surface area (TPSA) is 43.6 Å². The summed E-state index contributed by atoms with van der Waals surface area (Å²) in [4.78, 5) is 14.8. The highest BCUT2D eigenvalue weighted by Gasteiger charge is 2.32. The van der Waals surface area contributed by atoms with Crippen molar-refractivity contribution in [2.75, 3.05) is 0 Å². The lowest BCUT2D eigenvalue weighted by atomic mass is 9.91. The number of halogens is 6. The Morgan fingerprint density at radius 2 is 0.859 bits per heavy atom. The average molecular weight is 869 g/mol. The molecule has 0 spiro atoms. The molecular formula is C53H30F6N4S. The van der Waals surface area contributed by atoms with E-state index in [0.717, 1.165) is 77.4 Å². The molecule has 11 rings (SSSR count). The van der Waals surface area contributed by atoms with Crippen molar-refractivity contribution in [3.8, 4) is 62.1 Å². The maximum atomic E-state index is 14.1. The molecule has 3 heterocycles. The molecule has 0 N–H and O–H groups in total. The van der Waals surface area contributed by atoms with Gasteiger partial charge in [-0.1, -0.05) is 127 Å². The highest BCUT2D eigenvalue weighted by molar-refractivity contribution is 7.26. The van der Waals surface area contributed by atoms with Crippen LogP contribution in [-0.4, -0.2) is 19.5 Å². The van der Waals surface area contributed by atoms with Gasteiger partial charge in [0.15, 0.2) is 17.5 Å². The molecule has 0 radical (unpaired) electrons. The Morgan fingerprint density at radius 1 is 0.391 bits per heavy atom. The van der Waals surface area contributed by atoms with Crippen molar-refractivity contribution in [3.05, 3.63) is 193 Å².